The quantitative estimate of drug-likeness (QED) is 0.307. The summed E-state index contributed by atoms with van der Waals surface area (Å²) in [5, 5.41) is 2.95. The van der Waals surface area contributed by atoms with E-state index in [1.807, 2.05) is 49.4 Å². The second-order valence-electron chi connectivity index (χ2n) is 8.21. The number of benzene rings is 3. The molecule has 1 atom stereocenters. The van der Waals surface area contributed by atoms with Gasteiger partial charge >= 0.3 is 0 Å². The van der Waals surface area contributed by atoms with Gasteiger partial charge in [-0.05, 0) is 42.3 Å². The number of halogens is 2. The Morgan fingerprint density at radius 3 is 2.37 bits per heavy atom. The van der Waals surface area contributed by atoms with Gasteiger partial charge in [0, 0.05) is 29.5 Å². The number of carbonyl (C=O) groups excluding carboxylic acids is 2. The minimum Gasteiger partial charge on any atom is -0.484 e. The molecule has 0 saturated heterocycles. The van der Waals surface area contributed by atoms with Crippen molar-refractivity contribution in [1.82, 2.24) is 10.2 Å². The molecule has 0 saturated carbocycles. The van der Waals surface area contributed by atoms with Crippen molar-refractivity contribution < 1.29 is 18.7 Å². The number of nitrogens with zero attached hydrogens (tertiary/aromatic N) is 1. The summed E-state index contributed by atoms with van der Waals surface area (Å²) in [6.07, 6.45) is 2.07. The molecule has 0 fully saturated rings. The maximum Gasteiger partial charge on any atom is 0.261 e. The first-order chi connectivity index (χ1) is 17.0. The lowest BCUT2D eigenvalue weighted by molar-refractivity contribution is -0.142. The number of rotatable bonds is 12. The zero-order chi connectivity index (χ0) is 25.0. The summed E-state index contributed by atoms with van der Waals surface area (Å²) in [5.74, 6) is -0.568. The third kappa shape index (κ3) is 8.21. The maximum absolute atomic E-state index is 14.6. The van der Waals surface area contributed by atoms with Gasteiger partial charge in [0.05, 0.1) is 0 Å². The lowest BCUT2D eigenvalue weighted by Gasteiger charge is -2.31. The fourth-order valence-corrected chi connectivity index (χ4v) is 3.89. The van der Waals surface area contributed by atoms with E-state index in [1.165, 1.54) is 11.0 Å². The standard InChI is InChI=1S/C28H30BrFN2O3/c1-2-3-17-31-28(34)26(18-21-9-5-4-6-10-21)32(19-22-11-7-8-12-25(22)30)27(33)20-35-24-15-13-23(29)14-16-24/h4-16,26H,2-3,17-20H2,1H3,(H,31,34). The van der Waals surface area contributed by atoms with E-state index >= 15 is 0 Å². The van der Waals surface area contributed by atoms with E-state index in [0.29, 0.717) is 24.3 Å². The molecule has 0 aromatic heterocycles. The van der Waals surface area contributed by atoms with Crippen LogP contribution < -0.4 is 10.1 Å². The highest BCUT2D eigenvalue weighted by atomic mass is 79.9. The molecule has 0 aliphatic rings. The van der Waals surface area contributed by atoms with Crippen molar-refractivity contribution in [2.45, 2.75) is 38.8 Å². The van der Waals surface area contributed by atoms with Crippen LogP contribution >= 0.6 is 15.9 Å². The Morgan fingerprint density at radius 1 is 1.00 bits per heavy atom. The smallest absolute Gasteiger partial charge is 0.261 e. The summed E-state index contributed by atoms with van der Waals surface area (Å²) in [5.41, 5.74) is 1.24. The number of ether oxygens (including phenoxy) is 1. The van der Waals surface area contributed by atoms with E-state index in [-0.39, 0.29) is 19.1 Å². The first-order valence-corrected chi connectivity index (χ1v) is 12.5. The Bertz CT molecular complexity index is 1090. The van der Waals surface area contributed by atoms with Gasteiger partial charge in [0.2, 0.25) is 5.91 Å². The zero-order valence-electron chi connectivity index (χ0n) is 19.8. The number of hydrogen-bond acceptors (Lipinski definition) is 3. The van der Waals surface area contributed by atoms with Crippen LogP contribution in [0.2, 0.25) is 0 Å². The van der Waals surface area contributed by atoms with Gasteiger partial charge in [-0.15, -0.1) is 0 Å². The minimum absolute atomic E-state index is 0.0477. The molecule has 0 aliphatic carbocycles. The monoisotopic (exact) mass is 540 g/mol. The summed E-state index contributed by atoms with van der Waals surface area (Å²) < 4.78 is 21.2. The molecule has 7 heteroatoms. The molecular formula is C28H30BrFN2O3. The molecule has 2 amide bonds. The molecule has 3 rings (SSSR count). The predicted octanol–water partition coefficient (Wildman–Crippen LogP) is 5.52. The topological polar surface area (TPSA) is 58.6 Å². The molecule has 0 bridgehead atoms. The molecule has 5 nitrogen and oxygen atoms in total. The van der Waals surface area contributed by atoms with Crippen LogP contribution in [0.4, 0.5) is 4.39 Å². The number of amides is 2. The molecule has 1 unspecified atom stereocenters. The Morgan fingerprint density at radius 2 is 1.69 bits per heavy atom. The molecule has 0 radical (unpaired) electrons. The first kappa shape index (κ1) is 26.4. The van der Waals surface area contributed by atoms with Crippen molar-refractivity contribution in [3.63, 3.8) is 0 Å². The van der Waals surface area contributed by atoms with Crippen molar-refractivity contribution in [2.75, 3.05) is 13.2 Å². The van der Waals surface area contributed by atoms with Gasteiger partial charge in [-0.25, -0.2) is 4.39 Å². The van der Waals surface area contributed by atoms with Crippen LogP contribution in [0.1, 0.15) is 30.9 Å². The molecular weight excluding hydrogens is 511 g/mol. The molecule has 3 aromatic rings. The SMILES string of the molecule is CCCCNC(=O)C(Cc1ccccc1)N(Cc1ccccc1F)C(=O)COc1ccc(Br)cc1. The van der Waals surface area contributed by atoms with E-state index in [2.05, 4.69) is 21.2 Å². The molecule has 0 heterocycles. The van der Waals surface area contributed by atoms with E-state index in [1.54, 1.807) is 30.3 Å². The highest BCUT2D eigenvalue weighted by molar-refractivity contribution is 9.10. The number of carbonyl (C=O) groups is 2. The van der Waals surface area contributed by atoms with Crippen molar-refractivity contribution in [2.24, 2.45) is 0 Å². The van der Waals surface area contributed by atoms with E-state index in [9.17, 15) is 14.0 Å². The normalized spacial score (nSPS) is 11.5. The molecule has 0 aliphatic heterocycles. The third-order valence-corrected chi connectivity index (χ3v) is 6.10. The summed E-state index contributed by atoms with van der Waals surface area (Å²) in [6, 6.07) is 22.1. The molecule has 184 valence electrons. The van der Waals surface area contributed by atoms with Crippen LogP contribution in [0.3, 0.4) is 0 Å². The van der Waals surface area contributed by atoms with Crippen LogP contribution in [0.25, 0.3) is 0 Å². The number of nitrogens with one attached hydrogen (secondary N) is 1. The van der Waals surface area contributed by atoms with E-state index < -0.39 is 17.8 Å². The van der Waals surface area contributed by atoms with Gasteiger partial charge in [-0.1, -0.05) is 77.8 Å². The van der Waals surface area contributed by atoms with Gasteiger partial charge in [-0.2, -0.15) is 0 Å². The number of hydrogen-bond donors (Lipinski definition) is 1. The van der Waals surface area contributed by atoms with Crippen LogP contribution in [0.5, 0.6) is 5.75 Å². The highest BCUT2D eigenvalue weighted by Gasteiger charge is 2.31. The van der Waals surface area contributed by atoms with Crippen LogP contribution in [0.15, 0.2) is 83.3 Å². The molecule has 0 spiro atoms. The summed E-state index contributed by atoms with van der Waals surface area (Å²) in [6.45, 7) is 2.23. The summed E-state index contributed by atoms with van der Waals surface area (Å²) >= 11 is 3.37. The average molecular weight is 541 g/mol. The lowest BCUT2D eigenvalue weighted by atomic mass is 10.0. The van der Waals surface area contributed by atoms with Crippen LogP contribution in [-0.4, -0.2) is 35.9 Å². The Hall–Kier alpha value is -3.19. The second kappa shape index (κ2) is 13.6. The number of unbranched alkanes of at least 4 members (excludes halogenated alkanes) is 1. The fourth-order valence-electron chi connectivity index (χ4n) is 3.63. The molecule has 35 heavy (non-hydrogen) atoms. The first-order valence-electron chi connectivity index (χ1n) is 11.7. The lowest BCUT2D eigenvalue weighted by Crippen LogP contribution is -2.52. The summed E-state index contributed by atoms with van der Waals surface area (Å²) in [4.78, 5) is 28.2. The van der Waals surface area contributed by atoms with Gasteiger partial charge in [-0.3, -0.25) is 9.59 Å². The van der Waals surface area contributed by atoms with Crippen molar-refractivity contribution in [3.8, 4) is 5.75 Å². The van der Waals surface area contributed by atoms with Crippen molar-refractivity contribution in [1.29, 1.82) is 0 Å². The average Bonchev–Trinajstić information content (AvgIpc) is 2.87. The van der Waals surface area contributed by atoms with Crippen molar-refractivity contribution in [3.05, 3.63) is 100 Å². The van der Waals surface area contributed by atoms with Gasteiger partial charge < -0.3 is 15.0 Å². The van der Waals surface area contributed by atoms with Gasteiger partial charge in [0.1, 0.15) is 17.6 Å². The molecule has 1 N–H and O–H groups in total. The largest absolute Gasteiger partial charge is 0.484 e. The Balaban J connectivity index is 1.88. The molecule has 3 aromatic carbocycles. The minimum atomic E-state index is -0.824. The van der Waals surface area contributed by atoms with Crippen LogP contribution in [0, 0.1) is 5.82 Å². The van der Waals surface area contributed by atoms with Gasteiger partial charge in [0.15, 0.2) is 6.61 Å². The summed E-state index contributed by atoms with van der Waals surface area (Å²) in [7, 11) is 0. The predicted molar refractivity (Wildman–Crippen MR) is 138 cm³/mol. The zero-order valence-corrected chi connectivity index (χ0v) is 21.3. The maximum atomic E-state index is 14.6. The Labute approximate surface area is 214 Å². The van der Waals surface area contributed by atoms with Gasteiger partial charge in [0.25, 0.3) is 5.91 Å². The van der Waals surface area contributed by atoms with E-state index in [4.69, 9.17) is 4.74 Å². The van der Waals surface area contributed by atoms with Crippen molar-refractivity contribution >= 4 is 27.7 Å². The third-order valence-electron chi connectivity index (χ3n) is 5.58. The Kier molecular flexibility index (Phi) is 10.3. The highest BCUT2D eigenvalue weighted by Crippen LogP contribution is 2.19. The fraction of sp³-hybridized carbons (Fsp3) is 0.286. The van der Waals surface area contributed by atoms with Crippen LogP contribution in [-0.2, 0) is 22.6 Å². The second-order valence-corrected chi connectivity index (χ2v) is 9.12. The van der Waals surface area contributed by atoms with E-state index in [0.717, 1.165) is 22.9 Å².